The van der Waals surface area contributed by atoms with E-state index in [2.05, 4.69) is 15.4 Å². The molecule has 3 aromatic rings. The van der Waals surface area contributed by atoms with E-state index in [-0.39, 0.29) is 17.8 Å². The van der Waals surface area contributed by atoms with Crippen molar-refractivity contribution in [2.45, 2.75) is 19.9 Å². The lowest BCUT2D eigenvalue weighted by Gasteiger charge is -2.18. The van der Waals surface area contributed by atoms with Crippen LogP contribution in [0.3, 0.4) is 0 Å². The summed E-state index contributed by atoms with van der Waals surface area (Å²) < 4.78 is 25.7. The van der Waals surface area contributed by atoms with Crippen molar-refractivity contribution in [3.8, 4) is 5.75 Å². The van der Waals surface area contributed by atoms with Crippen molar-refractivity contribution in [3.63, 3.8) is 0 Å². The third-order valence-electron chi connectivity index (χ3n) is 3.93. The Hall–Kier alpha value is -3.16. The predicted octanol–water partition coefficient (Wildman–Crippen LogP) is 3.41. The van der Waals surface area contributed by atoms with E-state index in [1.807, 2.05) is 13.8 Å². The number of nitrogens with zero attached hydrogens (tertiary/aromatic N) is 3. The quantitative estimate of drug-likeness (QED) is 0.522. The maximum Gasteiger partial charge on any atom is 0.218 e. The van der Waals surface area contributed by atoms with Gasteiger partial charge < -0.3 is 14.8 Å². The molecule has 7 nitrogen and oxygen atoms in total. The molecule has 0 fully saturated rings. The number of methoxy groups -OCH3 is 1. The molecule has 0 aliphatic carbocycles. The van der Waals surface area contributed by atoms with Gasteiger partial charge in [-0.05, 0) is 38.1 Å². The molecule has 136 valence electrons. The number of benzene rings is 1. The number of nitrogens with one attached hydrogen (secondary N) is 2. The van der Waals surface area contributed by atoms with E-state index in [4.69, 9.17) is 14.9 Å². The number of hydrogen-bond donors (Lipinski definition) is 2. The Labute approximate surface area is 150 Å². The summed E-state index contributed by atoms with van der Waals surface area (Å²) in [4.78, 5) is 4.52. The van der Waals surface area contributed by atoms with Crippen LogP contribution in [0.15, 0.2) is 36.7 Å². The Kier molecular flexibility index (Phi) is 5.01. The molecule has 0 bridgehead atoms. The lowest BCUT2D eigenvalue weighted by molar-refractivity contribution is 0.326. The highest BCUT2D eigenvalue weighted by Crippen LogP contribution is 2.28. The summed E-state index contributed by atoms with van der Waals surface area (Å²) in [5, 5.41) is 15.4. The minimum Gasteiger partial charge on any atom is -0.496 e. The Bertz CT molecular complexity index is 940. The van der Waals surface area contributed by atoms with Gasteiger partial charge in [0.05, 0.1) is 26.0 Å². The molecule has 8 heteroatoms. The van der Waals surface area contributed by atoms with Gasteiger partial charge in [-0.3, -0.25) is 5.41 Å². The van der Waals surface area contributed by atoms with Crippen molar-refractivity contribution >= 4 is 17.4 Å². The van der Waals surface area contributed by atoms with Gasteiger partial charge >= 0.3 is 0 Å². The van der Waals surface area contributed by atoms with E-state index in [0.717, 1.165) is 0 Å². The van der Waals surface area contributed by atoms with Crippen LogP contribution in [0.25, 0.3) is 5.65 Å². The van der Waals surface area contributed by atoms with Crippen LogP contribution >= 0.6 is 0 Å². The number of aromatic nitrogens is 3. The summed E-state index contributed by atoms with van der Waals surface area (Å²) >= 11 is 0. The van der Waals surface area contributed by atoms with Gasteiger partial charge in [-0.25, -0.2) is 13.9 Å². The molecule has 0 amide bonds. The average Bonchev–Trinajstić information content (AvgIpc) is 3.05. The van der Waals surface area contributed by atoms with Crippen LogP contribution in [0, 0.1) is 11.2 Å². The van der Waals surface area contributed by atoms with Gasteiger partial charge in [0, 0.05) is 11.8 Å². The van der Waals surface area contributed by atoms with Crippen molar-refractivity contribution < 1.29 is 13.9 Å². The maximum absolute atomic E-state index is 13.6. The smallest absolute Gasteiger partial charge is 0.218 e. The number of fused-ring (bicyclic) bond motifs is 1. The fraction of sp³-hybridized carbons (Fsp3) is 0.278. The van der Waals surface area contributed by atoms with Crippen LogP contribution in [0.2, 0.25) is 0 Å². The molecule has 1 aromatic carbocycles. The monoisotopic (exact) mass is 357 g/mol. The summed E-state index contributed by atoms with van der Waals surface area (Å²) in [6, 6.07) is 5.91. The average molecular weight is 357 g/mol. The Morgan fingerprint density at radius 3 is 2.92 bits per heavy atom. The molecule has 1 atom stereocenters. The molecule has 2 heterocycles. The second-order valence-corrected chi connectivity index (χ2v) is 5.65. The van der Waals surface area contributed by atoms with Gasteiger partial charge in [-0.2, -0.15) is 5.10 Å². The third-order valence-corrected chi connectivity index (χ3v) is 3.93. The molecule has 0 unspecified atom stereocenters. The lowest BCUT2D eigenvalue weighted by Crippen LogP contribution is -2.11. The van der Waals surface area contributed by atoms with Crippen LogP contribution < -0.4 is 10.1 Å². The number of rotatable bonds is 6. The van der Waals surface area contributed by atoms with Crippen molar-refractivity contribution in [3.05, 3.63) is 53.6 Å². The standard InChI is InChI=1S/C18H20FN5O2/c1-4-26-17(20)14-10-21-24-8-7-16(23-18(14)24)22-11(2)13-9-12(19)5-6-15(13)25-3/h5-11,20H,4H2,1-3H3,(H,22,23)/t11-/m1/s1. The number of hydrogen-bond acceptors (Lipinski definition) is 6. The number of halogens is 1. The Morgan fingerprint density at radius 1 is 1.38 bits per heavy atom. The normalized spacial score (nSPS) is 12.0. The van der Waals surface area contributed by atoms with E-state index in [1.54, 1.807) is 36.2 Å². The van der Waals surface area contributed by atoms with E-state index in [0.29, 0.717) is 34.9 Å². The molecule has 26 heavy (non-hydrogen) atoms. The summed E-state index contributed by atoms with van der Waals surface area (Å²) in [6.07, 6.45) is 3.28. The van der Waals surface area contributed by atoms with Crippen molar-refractivity contribution in [1.29, 1.82) is 5.41 Å². The zero-order valence-electron chi connectivity index (χ0n) is 14.8. The molecule has 3 rings (SSSR count). The summed E-state index contributed by atoms with van der Waals surface area (Å²) in [6.45, 7) is 4.10. The minimum atomic E-state index is -0.332. The molecule has 0 aliphatic heterocycles. The SMILES string of the molecule is CCOC(=N)c1cnn2ccc(N[C@H](C)c3cc(F)ccc3OC)nc12. The van der Waals surface area contributed by atoms with Crippen molar-refractivity contribution in [2.24, 2.45) is 0 Å². The van der Waals surface area contributed by atoms with Gasteiger partial charge in [-0.1, -0.05) is 0 Å². The summed E-state index contributed by atoms with van der Waals surface area (Å²) in [7, 11) is 1.55. The molecule has 0 aliphatic rings. The van der Waals surface area contributed by atoms with Gasteiger partial charge in [0.15, 0.2) is 5.65 Å². The molecule has 0 spiro atoms. The highest BCUT2D eigenvalue weighted by molar-refractivity contribution is 5.97. The Balaban J connectivity index is 1.90. The molecule has 0 saturated carbocycles. The third kappa shape index (κ3) is 3.44. The van der Waals surface area contributed by atoms with Crippen molar-refractivity contribution in [1.82, 2.24) is 14.6 Å². The Morgan fingerprint density at radius 2 is 2.19 bits per heavy atom. The van der Waals surface area contributed by atoms with E-state index in [1.165, 1.54) is 12.1 Å². The molecule has 0 radical (unpaired) electrons. The first-order valence-corrected chi connectivity index (χ1v) is 8.19. The fourth-order valence-electron chi connectivity index (χ4n) is 2.67. The largest absolute Gasteiger partial charge is 0.496 e. The van der Waals surface area contributed by atoms with Crippen LogP contribution in [0.5, 0.6) is 5.75 Å². The first-order chi connectivity index (χ1) is 12.5. The second-order valence-electron chi connectivity index (χ2n) is 5.65. The molecular formula is C18H20FN5O2. The van der Waals surface area contributed by atoms with E-state index in [9.17, 15) is 4.39 Å². The lowest BCUT2D eigenvalue weighted by atomic mass is 10.1. The van der Waals surface area contributed by atoms with Gasteiger partial charge in [0.1, 0.15) is 22.9 Å². The second kappa shape index (κ2) is 7.38. The fourth-order valence-corrected chi connectivity index (χ4v) is 2.67. The number of ether oxygens (including phenoxy) is 2. The molecule has 2 N–H and O–H groups in total. The first kappa shape index (κ1) is 17.7. The summed E-state index contributed by atoms with van der Waals surface area (Å²) in [5.74, 6) is 0.853. The molecule has 2 aromatic heterocycles. The molecule has 0 saturated heterocycles. The van der Waals surface area contributed by atoms with Gasteiger partial charge in [0.2, 0.25) is 5.90 Å². The number of anilines is 1. The van der Waals surface area contributed by atoms with Crippen LogP contribution in [-0.2, 0) is 4.74 Å². The molecular weight excluding hydrogens is 337 g/mol. The van der Waals surface area contributed by atoms with E-state index >= 15 is 0 Å². The maximum atomic E-state index is 13.6. The minimum absolute atomic E-state index is 0.0204. The van der Waals surface area contributed by atoms with Gasteiger partial charge in [0.25, 0.3) is 0 Å². The van der Waals surface area contributed by atoms with Crippen LogP contribution in [-0.4, -0.2) is 34.2 Å². The zero-order valence-corrected chi connectivity index (χ0v) is 14.8. The van der Waals surface area contributed by atoms with Crippen LogP contribution in [0.1, 0.15) is 31.0 Å². The summed E-state index contributed by atoms with van der Waals surface area (Å²) in [5.41, 5.74) is 1.70. The topological polar surface area (TPSA) is 84.5 Å². The van der Waals surface area contributed by atoms with E-state index < -0.39 is 0 Å². The highest BCUT2D eigenvalue weighted by Gasteiger charge is 2.16. The van der Waals surface area contributed by atoms with Gasteiger partial charge in [-0.15, -0.1) is 0 Å². The van der Waals surface area contributed by atoms with Crippen LogP contribution in [0.4, 0.5) is 10.2 Å². The van der Waals surface area contributed by atoms with Crippen molar-refractivity contribution in [2.75, 3.05) is 19.0 Å². The first-order valence-electron chi connectivity index (χ1n) is 8.19. The zero-order chi connectivity index (χ0) is 18.7. The predicted molar refractivity (Wildman–Crippen MR) is 96.4 cm³/mol. The highest BCUT2D eigenvalue weighted by atomic mass is 19.1.